The minimum atomic E-state index is 1.25. The second-order valence-corrected chi connectivity index (χ2v) is 2.44. The number of hydrogen-bond donors (Lipinski definition) is 0. The second kappa shape index (κ2) is 2.17. The lowest BCUT2D eigenvalue weighted by Gasteiger charge is -2.03. The van der Waals surface area contributed by atoms with Gasteiger partial charge < -0.3 is 0 Å². The Kier molecular flexibility index (Phi) is 1.52. The molecule has 0 amide bonds. The Morgan fingerprint density at radius 2 is 2.38 bits per heavy atom. The summed E-state index contributed by atoms with van der Waals surface area (Å²) < 4.78 is 0. The van der Waals surface area contributed by atoms with Gasteiger partial charge in [0.25, 0.3) is 0 Å². The molecular weight excluding hydrogens is 96.1 g/mol. The molecule has 0 aromatic heterocycles. The van der Waals surface area contributed by atoms with E-state index in [0.717, 1.165) is 0 Å². The third-order valence-corrected chi connectivity index (χ3v) is 1.47. The van der Waals surface area contributed by atoms with E-state index in [1.165, 1.54) is 24.3 Å². The minimum absolute atomic E-state index is 1.25. The maximum Gasteiger partial charge on any atom is -0.0307 e. The lowest BCUT2D eigenvalue weighted by atomic mass is 10.0. The molecule has 0 heterocycles. The molecule has 44 valence electrons. The fraction of sp³-hybridized carbons (Fsp3) is 0.500. The van der Waals surface area contributed by atoms with E-state index in [4.69, 9.17) is 0 Å². The zero-order valence-corrected chi connectivity index (χ0v) is 5.57. The van der Waals surface area contributed by atoms with Crippen LogP contribution in [-0.4, -0.2) is 0 Å². The van der Waals surface area contributed by atoms with Gasteiger partial charge in [0.05, 0.1) is 0 Å². The number of hydrogen-bond acceptors (Lipinski definition) is 0. The zero-order chi connectivity index (χ0) is 5.98. The van der Waals surface area contributed by atoms with Crippen LogP contribution in [0.25, 0.3) is 0 Å². The van der Waals surface area contributed by atoms with Crippen molar-refractivity contribution in [3.8, 4) is 0 Å². The van der Waals surface area contributed by atoms with Crippen LogP contribution in [0.15, 0.2) is 11.6 Å². The quantitative estimate of drug-likeness (QED) is 0.453. The van der Waals surface area contributed by atoms with Gasteiger partial charge >= 0.3 is 0 Å². The Bertz CT molecular complexity index is 98.6. The van der Waals surface area contributed by atoms with Gasteiger partial charge in [0.1, 0.15) is 0 Å². The molecule has 1 aliphatic rings. The van der Waals surface area contributed by atoms with E-state index in [0.29, 0.717) is 0 Å². The predicted molar refractivity (Wildman–Crippen MR) is 36.2 cm³/mol. The van der Waals surface area contributed by atoms with Gasteiger partial charge in [-0.25, -0.2) is 0 Å². The van der Waals surface area contributed by atoms with Crippen molar-refractivity contribution in [2.24, 2.45) is 0 Å². The predicted octanol–water partition coefficient (Wildman–Crippen LogP) is 2.53. The summed E-state index contributed by atoms with van der Waals surface area (Å²) in [6.07, 6.45) is 7.10. The highest BCUT2D eigenvalue weighted by Gasteiger charge is 2.06. The molecule has 0 aliphatic heterocycles. The van der Waals surface area contributed by atoms with Crippen LogP contribution in [0.1, 0.15) is 26.7 Å². The first-order chi connectivity index (χ1) is 3.80. The van der Waals surface area contributed by atoms with Gasteiger partial charge in [-0.2, -0.15) is 0 Å². The Balaban J connectivity index is 2.45. The van der Waals surface area contributed by atoms with Crippen LogP contribution in [0, 0.1) is 12.3 Å². The van der Waals surface area contributed by atoms with E-state index in [-0.39, 0.29) is 0 Å². The monoisotopic (exact) mass is 108 g/mol. The molecule has 0 nitrogen and oxygen atoms in total. The van der Waals surface area contributed by atoms with E-state index in [1.54, 1.807) is 0 Å². The van der Waals surface area contributed by atoms with Crippen LogP contribution < -0.4 is 0 Å². The van der Waals surface area contributed by atoms with Crippen molar-refractivity contribution in [1.29, 1.82) is 0 Å². The van der Waals surface area contributed by atoms with Gasteiger partial charge in [-0.3, -0.25) is 0 Å². The Hall–Kier alpha value is -0.520. The van der Waals surface area contributed by atoms with Crippen LogP contribution in [-0.2, 0) is 0 Å². The van der Waals surface area contributed by atoms with Crippen molar-refractivity contribution in [2.75, 3.05) is 0 Å². The van der Waals surface area contributed by atoms with Gasteiger partial charge in [0.2, 0.25) is 0 Å². The van der Waals surface area contributed by atoms with Crippen LogP contribution in [0.3, 0.4) is 0 Å². The van der Waals surface area contributed by atoms with Gasteiger partial charge in [-0.15, -0.1) is 0 Å². The van der Waals surface area contributed by atoms with Gasteiger partial charge in [-0.05, 0) is 32.3 Å². The maximum atomic E-state index is 2.30. The highest BCUT2D eigenvalue weighted by Crippen LogP contribution is 2.24. The molecule has 0 heteroatoms. The molecule has 0 aromatic carbocycles. The Morgan fingerprint density at radius 3 is 2.62 bits per heavy atom. The summed E-state index contributed by atoms with van der Waals surface area (Å²) in [5.74, 6) is 1.45. The largest absolute Gasteiger partial charge is 0.0773 e. The number of allylic oxidation sites excluding steroid dienone is 2. The van der Waals surface area contributed by atoms with E-state index in [2.05, 4.69) is 26.3 Å². The minimum Gasteiger partial charge on any atom is -0.0773 e. The molecule has 0 N–H and O–H groups in total. The van der Waals surface area contributed by atoms with Crippen molar-refractivity contribution in [3.63, 3.8) is 0 Å². The second-order valence-electron chi connectivity index (χ2n) is 2.44. The summed E-state index contributed by atoms with van der Waals surface area (Å²) >= 11 is 0. The fourth-order valence-corrected chi connectivity index (χ4v) is 0.969. The molecule has 0 atom stereocenters. The smallest absolute Gasteiger partial charge is 0.0307 e. The lowest BCUT2D eigenvalue weighted by Crippen LogP contribution is -1.85. The third kappa shape index (κ3) is 1.00. The number of rotatable bonds is 1. The molecule has 0 bridgehead atoms. The van der Waals surface area contributed by atoms with Gasteiger partial charge in [-0.1, -0.05) is 18.4 Å². The SMILES string of the molecule is C[C+](C)C1=CCC[CH-]1. The zero-order valence-electron chi connectivity index (χ0n) is 5.57. The molecular formula is C8H12. The van der Waals surface area contributed by atoms with Crippen molar-refractivity contribution in [3.05, 3.63) is 24.0 Å². The maximum absolute atomic E-state index is 2.30. The summed E-state index contributed by atoms with van der Waals surface area (Å²) in [7, 11) is 0. The summed E-state index contributed by atoms with van der Waals surface area (Å²) in [6.45, 7) is 4.32. The average Bonchev–Trinajstić information content (AvgIpc) is 2.12. The van der Waals surface area contributed by atoms with Crippen LogP contribution in [0.2, 0.25) is 0 Å². The molecule has 0 saturated carbocycles. The Labute approximate surface area is 51.6 Å². The molecule has 0 unspecified atom stereocenters. The molecule has 0 fully saturated rings. The summed E-state index contributed by atoms with van der Waals surface area (Å²) in [4.78, 5) is 0. The average molecular weight is 108 g/mol. The summed E-state index contributed by atoms with van der Waals surface area (Å²) in [5.41, 5.74) is 1.46. The van der Waals surface area contributed by atoms with Crippen molar-refractivity contribution in [1.82, 2.24) is 0 Å². The summed E-state index contributed by atoms with van der Waals surface area (Å²) in [6, 6.07) is 0. The van der Waals surface area contributed by atoms with E-state index >= 15 is 0 Å². The summed E-state index contributed by atoms with van der Waals surface area (Å²) in [5, 5.41) is 0. The van der Waals surface area contributed by atoms with E-state index < -0.39 is 0 Å². The topological polar surface area (TPSA) is 0 Å². The molecule has 1 rings (SSSR count). The van der Waals surface area contributed by atoms with Crippen LogP contribution in [0.5, 0.6) is 0 Å². The van der Waals surface area contributed by atoms with Crippen molar-refractivity contribution in [2.45, 2.75) is 26.7 Å². The third-order valence-electron chi connectivity index (χ3n) is 1.47. The van der Waals surface area contributed by atoms with Crippen LogP contribution in [0.4, 0.5) is 0 Å². The first-order valence-electron chi connectivity index (χ1n) is 3.14. The molecule has 0 saturated heterocycles. The van der Waals surface area contributed by atoms with E-state index in [9.17, 15) is 0 Å². The first-order valence-corrected chi connectivity index (χ1v) is 3.14. The standard InChI is InChI=1S/C8H12/c1-7(2)8-5-3-4-6-8/h5-6H,3-4H2,1-2H3. The normalized spacial score (nSPS) is 17.5. The fourth-order valence-electron chi connectivity index (χ4n) is 0.969. The molecule has 8 heavy (non-hydrogen) atoms. The van der Waals surface area contributed by atoms with E-state index in [1.807, 2.05) is 0 Å². The molecule has 0 spiro atoms. The Morgan fingerprint density at radius 1 is 1.62 bits per heavy atom. The van der Waals surface area contributed by atoms with Crippen molar-refractivity contribution >= 4 is 0 Å². The van der Waals surface area contributed by atoms with Crippen LogP contribution >= 0.6 is 0 Å². The first kappa shape index (κ1) is 5.61. The van der Waals surface area contributed by atoms with Crippen molar-refractivity contribution < 1.29 is 0 Å². The molecule has 0 aromatic rings. The molecule has 0 radical (unpaired) electrons. The van der Waals surface area contributed by atoms with Gasteiger partial charge in [0, 0.05) is 0 Å². The highest BCUT2D eigenvalue weighted by molar-refractivity contribution is 5.31. The lowest BCUT2D eigenvalue weighted by molar-refractivity contribution is 1.04. The highest BCUT2D eigenvalue weighted by atomic mass is 14.1. The molecule has 1 aliphatic carbocycles. The van der Waals surface area contributed by atoms with Gasteiger partial charge in [0.15, 0.2) is 0 Å².